The topological polar surface area (TPSA) is 54.5 Å². The van der Waals surface area contributed by atoms with Gasteiger partial charge in [-0.15, -0.1) is 0 Å². The first-order valence-electron chi connectivity index (χ1n) is 8.59. The number of anilines is 1. The Morgan fingerprint density at radius 2 is 2.00 bits per heavy atom. The van der Waals surface area contributed by atoms with Crippen LogP contribution in [-0.4, -0.2) is 37.1 Å². The highest BCUT2D eigenvalue weighted by molar-refractivity contribution is 6.33. The van der Waals surface area contributed by atoms with E-state index in [0.717, 1.165) is 39.0 Å². The maximum absolute atomic E-state index is 12.3. The number of carbonyl (C=O) groups excluding carboxylic acids is 1. The summed E-state index contributed by atoms with van der Waals surface area (Å²) in [7, 11) is 0. The molecule has 132 valence electrons. The molecule has 0 unspecified atom stereocenters. The van der Waals surface area contributed by atoms with Gasteiger partial charge in [0.25, 0.3) is 0 Å². The Morgan fingerprint density at radius 1 is 1.28 bits per heavy atom. The van der Waals surface area contributed by atoms with Crippen molar-refractivity contribution in [1.29, 1.82) is 0 Å². The third-order valence-corrected chi connectivity index (χ3v) is 4.42. The van der Waals surface area contributed by atoms with Crippen molar-refractivity contribution in [1.82, 2.24) is 10.3 Å². The smallest absolute Gasteiger partial charge is 0.345 e. The second-order valence-corrected chi connectivity index (χ2v) is 6.46. The molecule has 25 heavy (non-hydrogen) atoms. The fraction of sp³-hybridized carbons (Fsp3) is 0.368. The summed E-state index contributed by atoms with van der Waals surface area (Å²) >= 11 is 6.33. The molecule has 5 nitrogen and oxygen atoms in total. The van der Waals surface area contributed by atoms with Gasteiger partial charge in [-0.05, 0) is 30.2 Å². The van der Waals surface area contributed by atoms with Gasteiger partial charge in [0.15, 0.2) is 0 Å². The predicted molar refractivity (Wildman–Crippen MR) is 99.7 cm³/mol. The van der Waals surface area contributed by atoms with Crippen LogP contribution in [0.4, 0.5) is 5.82 Å². The van der Waals surface area contributed by atoms with Crippen LogP contribution in [0.15, 0.2) is 36.5 Å². The summed E-state index contributed by atoms with van der Waals surface area (Å²) in [5.41, 5.74) is 1.58. The van der Waals surface area contributed by atoms with Crippen LogP contribution in [0.5, 0.6) is 5.75 Å². The number of hydrogen-bond donors (Lipinski definition) is 1. The van der Waals surface area contributed by atoms with Crippen molar-refractivity contribution < 1.29 is 9.53 Å². The van der Waals surface area contributed by atoms with E-state index in [2.05, 4.69) is 22.1 Å². The number of piperazine rings is 1. The first-order chi connectivity index (χ1) is 12.2. The van der Waals surface area contributed by atoms with E-state index >= 15 is 0 Å². The van der Waals surface area contributed by atoms with Crippen LogP contribution in [0.1, 0.15) is 29.3 Å². The van der Waals surface area contributed by atoms with E-state index in [1.807, 2.05) is 24.3 Å². The van der Waals surface area contributed by atoms with Crippen LogP contribution in [0, 0.1) is 0 Å². The summed E-state index contributed by atoms with van der Waals surface area (Å²) in [5, 5.41) is 3.75. The van der Waals surface area contributed by atoms with Gasteiger partial charge in [0, 0.05) is 32.4 Å². The minimum atomic E-state index is -0.454. The lowest BCUT2D eigenvalue weighted by molar-refractivity contribution is 0.0734. The molecule has 2 heterocycles. The molecule has 1 aliphatic rings. The molecule has 0 saturated carbocycles. The summed E-state index contributed by atoms with van der Waals surface area (Å²) in [5.74, 6) is 0.778. The zero-order valence-electron chi connectivity index (χ0n) is 14.3. The maximum Gasteiger partial charge on any atom is 0.345 e. The zero-order valence-corrected chi connectivity index (χ0v) is 15.1. The average Bonchev–Trinajstić information content (AvgIpc) is 2.64. The van der Waals surface area contributed by atoms with Gasteiger partial charge in [-0.1, -0.05) is 37.1 Å². The Hall–Kier alpha value is -2.11. The van der Waals surface area contributed by atoms with Crippen molar-refractivity contribution in [3.05, 3.63) is 52.7 Å². The first kappa shape index (κ1) is 17.7. The number of nitrogens with one attached hydrogen (secondary N) is 1. The van der Waals surface area contributed by atoms with Crippen molar-refractivity contribution in [3.8, 4) is 5.75 Å². The molecule has 1 aromatic heterocycles. The number of aromatic nitrogens is 1. The SMILES string of the molecule is CCCc1ccc(OC(=O)c2cnc(N3CCNCC3)c(Cl)c2)cc1. The molecule has 0 amide bonds. The number of esters is 1. The number of carbonyl (C=O) groups is 1. The Morgan fingerprint density at radius 3 is 2.64 bits per heavy atom. The molecule has 6 heteroatoms. The molecule has 0 atom stereocenters. The summed E-state index contributed by atoms with van der Waals surface area (Å²) in [6, 6.07) is 9.20. The molecular formula is C19H22ClN3O2. The Bertz CT molecular complexity index is 728. The molecule has 1 N–H and O–H groups in total. The number of hydrogen-bond acceptors (Lipinski definition) is 5. The third kappa shape index (κ3) is 4.50. The van der Waals surface area contributed by atoms with Crippen molar-refractivity contribution in [3.63, 3.8) is 0 Å². The zero-order chi connectivity index (χ0) is 17.6. The highest BCUT2D eigenvalue weighted by Crippen LogP contribution is 2.25. The van der Waals surface area contributed by atoms with E-state index in [-0.39, 0.29) is 0 Å². The van der Waals surface area contributed by atoms with Crippen molar-refractivity contribution in [2.75, 3.05) is 31.1 Å². The number of benzene rings is 1. The van der Waals surface area contributed by atoms with Crippen LogP contribution in [-0.2, 0) is 6.42 Å². The number of nitrogens with zero attached hydrogens (tertiary/aromatic N) is 2. The molecule has 2 aromatic rings. The number of pyridine rings is 1. The molecule has 1 aliphatic heterocycles. The second-order valence-electron chi connectivity index (χ2n) is 6.05. The highest BCUT2D eigenvalue weighted by atomic mass is 35.5. The number of aryl methyl sites for hydroxylation is 1. The quantitative estimate of drug-likeness (QED) is 0.655. The Kier molecular flexibility index (Phi) is 5.89. The summed E-state index contributed by atoms with van der Waals surface area (Å²) < 4.78 is 5.41. The van der Waals surface area contributed by atoms with Crippen LogP contribution >= 0.6 is 11.6 Å². The Balaban J connectivity index is 1.68. The fourth-order valence-corrected chi connectivity index (χ4v) is 3.12. The summed E-state index contributed by atoms with van der Waals surface area (Å²) in [4.78, 5) is 18.8. The van der Waals surface area contributed by atoms with Crippen LogP contribution in [0.25, 0.3) is 0 Å². The lowest BCUT2D eigenvalue weighted by Gasteiger charge is -2.29. The van der Waals surface area contributed by atoms with E-state index in [1.54, 1.807) is 6.07 Å². The molecule has 3 rings (SSSR count). The van der Waals surface area contributed by atoms with Gasteiger partial charge >= 0.3 is 5.97 Å². The van der Waals surface area contributed by atoms with Gasteiger partial charge in [0.2, 0.25) is 0 Å². The standard InChI is InChI=1S/C19H22ClN3O2/c1-2-3-14-4-6-16(7-5-14)25-19(24)15-12-17(20)18(22-13-15)23-10-8-21-9-11-23/h4-7,12-13,21H,2-3,8-11H2,1H3. The number of ether oxygens (including phenoxy) is 1. The van der Waals surface area contributed by atoms with Gasteiger partial charge in [-0.3, -0.25) is 0 Å². The minimum absolute atomic E-state index is 0.349. The van der Waals surface area contributed by atoms with E-state index in [0.29, 0.717) is 22.2 Å². The van der Waals surface area contributed by atoms with Gasteiger partial charge in [0.05, 0.1) is 10.6 Å². The summed E-state index contributed by atoms with van der Waals surface area (Å²) in [6.45, 7) is 5.63. The van der Waals surface area contributed by atoms with E-state index in [1.165, 1.54) is 11.8 Å². The number of rotatable bonds is 5. The second kappa shape index (κ2) is 8.32. The van der Waals surface area contributed by atoms with E-state index in [9.17, 15) is 4.79 Å². The van der Waals surface area contributed by atoms with E-state index < -0.39 is 5.97 Å². The van der Waals surface area contributed by atoms with Crippen molar-refractivity contribution in [2.45, 2.75) is 19.8 Å². The minimum Gasteiger partial charge on any atom is -0.423 e. The molecule has 1 fully saturated rings. The van der Waals surface area contributed by atoms with Crippen molar-refractivity contribution in [2.24, 2.45) is 0 Å². The van der Waals surface area contributed by atoms with Gasteiger partial charge in [0.1, 0.15) is 11.6 Å². The van der Waals surface area contributed by atoms with Crippen molar-refractivity contribution >= 4 is 23.4 Å². The highest BCUT2D eigenvalue weighted by Gasteiger charge is 2.17. The fourth-order valence-electron chi connectivity index (χ4n) is 2.83. The monoisotopic (exact) mass is 359 g/mol. The normalized spacial score (nSPS) is 14.4. The van der Waals surface area contributed by atoms with Crippen LogP contribution in [0.3, 0.4) is 0 Å². The third-order valence-electron chi connectivity index (χ3n) is 4.15. The maximum atomic E-state index is 12.3. The largest absolute Gasteiger partial charge is 0.423 e. The van der Waals surface area contributed by atoms with Gasteiger partial charge < -0.3 is 15.0 Å². The first-order valence-corrected chi connectivity index (χ1v) is 8.97. The molecule has 0 spiro atoms. The predicted octanol–water partition coefficient (Wildman–Crippen LogP) is 3.32. The van der Waals surface area contributed by atoms with Crippen LogP contribution < -0.4 is 15.0 Å². The van der Waals surface area contributed by atoms with Gasteiger partial charge in [-0.2, -0.15) is 0 Å². The lowest BCUT2D eigenvalue weighted by atomic mass is 10.1. The number of halogens is 1. The molecule has 0 aliphatic carbocycles. The molecule has 0 radical (unpaired) electrons. The van der Waals surface area contributed by atoms with Gasteiger partial charge in [-0.25, -0.2) is 9.78 Å². The van der Waals surface area contributed by atoms with Crippen LogP contribution in [0.2, 0.25) is 5.02 Å². The lowest BCUT2D eigenvalue weighted by Crippen LogP contribution is -2.44. The summed E-state index contributed by atoms with van der Waals surface area (Å²) in [6.07, 6.45) is 3.63. The molecular weight excluding hydrogens is 338 g/mol. The average molecular weight is 360 g/mol. The van der Waals surface area contributed by atoms with E-state index in [4.69, 9.17) is 16.3 Å². The molecule has 1 saturated heterocycles. The Labute approximate surface area is 153 Å². The molecule has 1 aromatic carbocycles. The molecule has 0 bridgehead atoms.